The largest absolute Gasteiger partial charge is 0.481 e. The summed E-state index contributed by atoms with van der Waals surface area (Å²) >= 11 is 0. The van der Waals surface area contributed by atoms with Crippen LogP contribution in [-0.4, -0.2) is 22.0 Å². The van der Waals surface area contributed by atoms with Crippen LogP contribution in [0.3, 0.4) is 0 Å². The highest BCUT2D eigenvalue weighted by Gasteiger charge is 2.24. The number of anilines is 1. The van der Waals surface area contributed by atoms with Crippen LogP contribution >= 0.6 is 0 Å². The summed E-state index contributed by atoms with van der Waals surface area (Å²) < 4.78 is 0. The van der Waals surface area contributed by atoms with Gasteiger partial charge in [-0.1, -0.05) is 13.0 Å². The van der Waals surface area contributed by atoms with Crippen LogP contribution < -0.4 is 5.32 Å². The molecule has 0 bridgehead atoms. The van der Waals surface area contributed by atoms with Crippen LogP contribution in [-0.2, 0) is 9.59 Å². The number of carbonyl (C=O) groups is 2. The number of nitrogens with zero attached hydrogens (tertiary/aromatic N) is 1. The van der Waals surface area contributed by atoms with E-state index in [2.05, 4.69) is 10.3 Å². The Morgan fingerprint density at radius 2 is 2.27 bits per heavy atom. The molecule has 5 heteroatoms. The average molecular weight is 208 g/mol. The lowest BCUT2D eigenvalue weighted by Gasteiger charge is -2.09. The van der Waals surface area contributed by atoms with Gasteiger partial charge < -0.3 is 10.4 Å². The van der Waals surface area contributed by atoms with E-state index in [1.807, 2.05) is 0 Å². The second kappa shape index (κ2) is 5.09. The Hall–Kier alpha value is -1.91. The summed E-state index contributed by atoms with van der Waals surface area (Å²) in [5.41, 5.74) is 0. The van der Waals surface area contributed by atoms with Crippen molar-refractivity contribution in [3.05, 3.63) is 24.4 Å². The predicted octanol–water partition coefficient (Wildman–Crippen LogP) is 1.13. The van der Waals surface area contributed by atoms with E-state index in [0.717, 1.165) is 0 Å². The molecule has 0 radical (unpaired) electrons. The molecule has 1 heterocycles. The summed E-state index contributed by atoms with van der Waals surface area (Å²) in [6.45, 7) is 1.65. The standard InChI is InChI=1S/C10H12N2O3/c1-2-7(10(14)15)9(13)12-8-5-3-4-6-11-8/h3-7H,2H2,1H3,(H,14,15)(H,11,12,13). The van der Waals surface area contributed by atoms with Gasteiger partial charge in [0.25, 0.3) is 0 Å². The van der Waals surface area contributed by atoms with Crippen molar-refractivity contribution in [3.8, 4) is 0 Å². The normalized spacial score (nSPS) is 11.8. The van der Waals surface area contributed by atoms with Gasteiger partial charge in [-0.05, 0) is 18.6 Å². The molecule has 0 aliphatic heterocycles. The lowest BCUT2D eigenvalue weighted by Crippen LogP contribution is -2.29. The Morgan fingerprint density at radius 1 is 1.53 bits per heavy atom. The summed E-state index contributed by atoms with van der Waals surface area (Å²) in [5, 5.41) is 11.2. The topological polar surface area (TPSA) is 79.3 Å². The Labute approximate surface area is 87.1 Å². The van der Waals surface area contributed by atoms with E-state index < -0.39 is 17.8 Å². The van der Waals surface area contributed by atoms with Gasteiger partial charge in [0.15, 0.2) is 0 Å². The molecule has 0 saturated heterocycles. The van der Waals surface area contributed by atoms with Crippen LogP contribution in [0, 0.1) is 5.92 Å². The maximum absolute atomic E-state index is 11.5. The number of rotatable bonds is 4. The molecule has 0 fully saturated rings. The molecular formula is C10H12N2O3. The first-order valence-electron chi connectivity index (χ1n) is 4.60. The average Bonchev–Trinajstić information content (AvgIpc) is 2.19. The van der Waals surface area contributed by atoms with Gasteiger partial charge >= 0.3 is 5.97 Å². The maximum atomic E-state index is 11.5. The molecule has 1 amide bonds. The molecular weight excluding hydrogens is 196 g/mol. The number of carbonyl (C=O) groups excluding carboxylic acids is 1. The highest BCUT2D eigenvalue weighted by Crippen LogP contribution is 2.07. The van der Waals surface area contributed by atoms with E-state index in [0.29, 0.717) is 5.82 Å². The molecule has 15 heavy (non-hydrogen) atoms. The molecule has 0 aliphatic carbocycles. The minimum atomic E-state index is -1.12. The predicted molar refractivity (Wildman–Crippen MR) is 54.3 cm³/mol. The van der Waals surface area contributed by atoms with Crippen molar-refractivity contribution in [2.45, 2.75) is 13.3 Å². The summed E-state index contributed by atoms with van der Waals surface area (Å²) in [6, 6.07) is 5.03. The molecule has 0 spiro atoms. The van der Waals surface area contributed by atoms with Crippen molar-refractivity contribution in [2.24, 2.45) is 5.92 Å². The van der Waals surface area contributed by atoms with Crippen LogP contribution in [0.5, 0.6) is 0 Å². The molecule has 0 saturated carbocycles. The highest BCUT2D eigenvalue weighted by molar-refractivity contribution is 6.03. The molecule has 1 aromatic heterocycles. The molecule has 1 rings (SSSR count). The number of carboxylic acids is 1. The number of pyridine rings is 1. The fraction of sp³-hybridized carbons (Fsp3) is 0.300. The Kier molecular flexibility index (Phi) is 3.79. The Bertz CT molecular complexity index is 351. The minimum absolute atomic E-state index is 0.258. The van der Waals surface area contributed by atoms with E-state index in [-0.39, 0.29) is 6.42 Å². The van der Waals surface area contributed by atoms with Gasteiger partial charge in [-0.25, -0.2) is 4.98 Å². The first-order chi connectivity index (χ1) is 7.15. The van der Waals surface area contributed by atoms with Crippen molar-refractivity contribution in [1.82, 2.24) is 4.98 Å². The quantitative estimate of drug-likeness (QED) is 0.727. The van der Waals surface area contributed by atoms with Crippen molar-refractivity contribution < 1.29 is 14.7 Å². The van der Waals surface area contributed by atoms with Crippen LogP contribution in [0.4, 0.5) is 5.82 Å². The first kappa shape index (κ1) is 11.2. The zero-order valence-electron chi connectivity index (χ0n) is 8.30. The molecule has 0 aromatic carbocycles. The molecule has 0 aliphatic rings. The van der Waals surface area contributed by atoms with Gasteiger partial charge in [0.2, 0.25) is 5.91 Å². The third kappa shape index (κ3) is 3.05. The zero-order valence-corrected chi connectivity index (χ0v) is 8.30. The van der Waals surface area contributed by atoms with Gasteiger partial charge in [0.05, 0.1) is 0 Å². The number of carboxylic acid groups (broad SMARTS) is 1. The van der Waals surface area contributed by atoms with Crippen LogP contribution in [0.25, 0.3) is 0 Å². The lowest BCUT2D eigenvalue weighted by molar-refractivity contribution is -0.145. The van der Waals surface area contributed by atoms with Gasteiger partial charge in [0.1, 0.15) is 11.7 Å². The lowest BCUT2D eigenvalue weighted by atomic mass is 10.1. The molecule has 1 aromatic rings. The van der Waals surface area contributed by atoms with Gasteiger partial charge in [-0.2, -0.15) is 0 Å². The van der Waals surface area contributed by atoms with Gasteiger partial charge in [-0.3, -0.25) is 9.59 Å². The van der Waals surface area contributed by atoms with Gasteiger partial charge in [-0.15, -0.1) is 0 Å². The SMILES string of the molecule is CCC(C(=O)O)C(=O)Nc1ccccn1. The first-order valence-corrected chi connectivity index (χ1v) is 4.60. The summed E-state index contributed by atoms with van der Waals surface area (Å²) in [5.74, 6) is -2.32. The number of hydrogen-bond acceptors (Lipinski definition) is 3. The molecule has 1 atom stereocenters. The fourth-order valence-electron chi connectivity index (χ4n) is 1.12. The number of aromatic nitrogens is 1. The summed E-state index contributed by atoms with van der Waals surface area (Å²) in [6.07, 6.45) is 1.78. The smallest absolute Gasteiger partial charge is 0.316 e. The van der Waals surface area contributed by atoms with E-state index in [9.17, 15) is 9.59 Å². The molecule has 1 unspecified atom stereocenters. The van der Waals surface area contributed by atoms with E-state index >= 15 is 0 Å². The second-order valence-electron chi connectivity index (χ2n) is 3.00. The second-order valence-corrected chi connectivity index (χ2v) is 3.00. The molecule has 2 N–H and O–H groups in total. The number of aliphatic carboxylic acids is 1. The van der Waals surface area contributed by atoms with E-state index in [4.69, 9.17) is 5.11 Å². The summed E-state index contributed by atoms with van der Waals surface area (Å²) in [7, 11) is 0. The monoisotopic (exact) mass is 208 g/mol. The molecule has 5 nitrogen and oxygen atoms in total. The van der Waals surface area contributed by atoms with Crippen molar-refractivity contribution in [1.29, 1.82) is 0 Å². The third-order valence-electron chi connectivity index (χ3n) is 1.94. The minimum Gasteiger partial charge on any atom is -0.481 e. The fourth-order valence-corrected chi connectivity index (χ4v) is 1.12. The van der Waals surface area contributed by atoms with Gasteiger partial charge in [0, 0.05) is 6.20 Å². The number of amides is 1. The van der Waals surface area contributed by atoms with Crippen LogP contribution in [0.1, 0.15) is 13.3 Å². The van der Waals surface area contributed by atoms with Crippen molar-refractivity contribution >= 4 is 17.7 Å². The van der Waals surface area contributed by atoms with Crippen LogP contribution in [0.2, 0.25) is 0 Å². The Morgan fingerprint density at radius 3 is 2.73 bits per heavy atom. The van der Waals surface area contributed by atoms with Crippen LogP contribution in [0.15, 0.2) is 24.4 Å². The third-order valence-corrected chi connectivity index (χ3v) is 1.94. The Balaban J connectivity index is 2.66. The zero-order chi connectivity index (χ0) is 11.3. The maximum Gasteiger partial charge on any atom is 0.316 e. The van der Waals surface area contributed by atoms with Crippen molar-refractivity contribution in [3.63, 3.8) is 0 Å². The van der Waals surface area contributed by atoms with E-state index in [1.165, 1.54) is 6.20 Å². The number of hydrogen-bond donors (Lipinski definition) is 2. The summed E-state index contributed by atoms with van der Waals surface area (Å²) in [4.78, 5) is 26.0. The van der Waals surface area contributed by atoms with Crippen molar-refractivity contribution in [2.75, 3.05) is 5.32 Å². The van der Waals surface area contributed by atoms with E-state index in [1.54, 1.807) is 25.1 Å². The molecule has 80 valence electrons. The highest BCUT2D eigenvalue weighted by atomic mass is 16.4. The number of nitrogens with one attached hydrogen (secondary N) is 1.